The maximum atomic E-state index is 12.7. The molecule has 0 saturated heterocycles. The van der Waals surface area contributed by atoms with E-state index in [1.54, 1.807) is 0 Å². The summed E-state index contributed by atoms with van der Waals surface area (Å²) in [5.74, 6) is 2.06. The monoisotopic (exact) mass is 367 g/mol. The number of nitrogens with one attached hydrogen (secondary N) is 1. The molecule has 1 aromatic heterocycles. The van der Waals surface area contributed by atoms with E-state index < -0.39 is 0 Å². The maximum Gasteiger partial charge on any atom is 0.175 e. The fourth-order valence-electron chi connectivity index (χ4n) is 3.20. The normalized spacial score (nSPS) is 13.6. The van der Waals surface area contributed by atoms with Crippen molar-refractivity contribution in [3.63, 3.8) is 0 Å². The number of aromatic amines is 1. The zero-order valence-corrected chi connectivity index (χ0v) is 15.5. The highest BCUT2D eigenvalue weighted by molar-refractivity contribution is 8.00. The van der Waals surface area contributed by atoms with E-state index in [1.165, 1.54) is 17.3 Å². The Bertz CT molecular complexity index is 948. The van der Waals surface area contributed by atoms with E-state index in [1.807, 2.05) is 36.5 Å². The van der Waals surface area contributed by atoms with Gasteiger partial charge in [-0.2, -0.15) is 0 Å². The molecule has 2 aromatic carbocycles. The predicted molar refractivity (Wildman–Crippen MR) is 105 cm³/mol. The lowest BCUT2D eigenvalue weighted by Crippen LogP contribution is -2.01. The summed E-state index contributed by atoms with van der Waals surface area (Å²) in [6.45, 7) is 3.46. The van der Waals surface area contributed by atoms with E-state index in [0.29, 0.717) is 19.0 Å². The third-order valence-corrected chi connectivity index (χ3v) is 5.57. The number of hydrogen-bond acceptors (Lipinski definition) is 4. The first kappa shape index (κ1) is 17.0. The number of H-pyrrole nitrogens is 1. The summed E-state index contributed by atoms with van der Waals surface area (Å²) in [6.07, 6.45) is 3.66. The molecule has 0 atom stereocenters. The molecular weight excluding hydrogens is 346 g/mol. The van der Waals surface area contributed by atoms with E-state index in [4.69, 9.17) is 9.47 Å². The summed E-state index contributed by atoms with van der Waals surface area (Å²) in [5, 5.41) is 1.01. The number of Topliss-reactive ketones (excluding diaryl/α,β-unsaturated/α-hetero) is 1. The number of thioether (sulfide) groups is 1. The Kier molecular flexibility index (Phi) is 4.89. The third kappa shape index (κ3) is 3.31. The summed E-state index contributed by atoms with van der Waals surface area (Å²) >= 11 is 1.53. The van der Waals surface area contributed by atoms with Crippen molar-refractivity contribution in [1.82, 2.24) is 4.98 Å². The number of benzene rings is 2. The van der Waals surface area contributed by atoms with Crippen LogP contribution in [0.1, 0.15) is 29.3 Å². The Hall–Kier alpha value is -2.40. The van der Waals surface area contributed by atoms with Crippen LogP contribution in [0.3, 0.4) is 0 Å². The summed E-state index contributed by atoms with van der Waals surface area (Å²) in [4.78, 5) is 17.0. The first-order chi connectivity index (χ1) is 12.8. The standard InChI is InChI=1S/C21H21NO3S/c1-2-14-5-3-6-16-17(12-22-21(14)16)18(23)13-26-15-7-8-19-20(11-15)25-10-4-9-24-19/h3,5-8,11-12,22H,2,4,9-10,13H2,1H3. The van der Waals surface area contributed by atoms with Crippen LogP contribution >= 0.6 is 11.8 Å². The average molecular weight is 367 g/mol. The van der Waals surface area contributed by atoms with Crippen LogP contribution in [-0.2, 0) is 6.42 Å². The van der Waals surface area contributed by atoms with Crippen LogP contribution in [0.4, 0.5) is 0 Å². The van der Waals surface area contributed by atoms with Crippen molar-refractivity contribution < 1.29 is 14.3 Å². The van der Waals surface area contributed by atoms with Gasteiger partial charge in [0.1, 0.15) is 0 Å². The molecule has 0 bridgehead atoms. The number of ketones is 1. The van der Waals surface area contributed by atoms with Crippen molar-refractivity contribution >= 4 is 28.4 Å². The Balaban J connectivity index is 1.50. The molecule has 0 spiro atoms. The molecule has 3 aromatic rings. The summed E-state index contributed by atoms with van der Waals surface area (Å²) in [7, 11) is 0. The van der Waals surface area contributed by atoms with Crippen molar-refractivity contribution in [1.29, 1.82) is 0 Å². The number of carbonyl (C=O) groups excluding carboxylic acids is 1. The zero-order chi connectivity index (χ0) is 17.9. The van der Waals surface area contributed by atoms with Crippen LogP contribution in [0.15, 0.2) is 47.5 Å². The number of aryl methyl sites for hydroxylation is 1. The van der Waals surface area contributed by atoms with Gasteiger partial charge in [-0.1, -0.05) is 25.1 Å². The molecule has 4 rings (SSSR count). The molecule has 0 radical (unpaired) electrons. The molecule has 4 nitrogen and oxygen atoms in total. The van der Waals surface area contributed by atoms with Gasteiger partial charge in [0.15, 0.2) is 17.3 Å². The van der Waals surface area contributed by atoms with E-state index in [2.05, 4.69) is 18.0 Å². The number of fused-ring (bicyclic) bond motifs is 2. The highest BCUT2D eigenvalue weighted by atomic mass is 32.2. The minimum absolute atomic E-state index is 0.126. The third-order valence-electron chi connectivity index (χ3n) is 4.57. The topological polar surface area (TPSA) is 51.3 Å². The Labute approximate surface area is 156 Å². The minimum Gasteiger partial charge on any atom is -0.490 e. The molecule has 1 aliphatic rings. The number of para-hydroxylation sites is 1. The maximum absolute atomic E-state index is 12.7. The number of hydrogen-bond donors (Lipinski definition) is 1. The van der Waals surface area contributed by atoms with E-state index in [9.17, 15) is 4.79 Å². The van der Waals surface area contributed by atoms with E-state index in [-0.39, 0.29) is 5.78 Å². The van der Waals surface area contributed by atoms with Gasteiger partial charge < -0.3 is 14.5 Å². The molecule has 0 fully saturated rings. The molecule has 134 valence electrons. The van der Waals surface area contributed by atoms with Crippen LogP contribution in [-0.4, -0.2) is 29.7 Å². The van der Waals surface area contributed by atoms with Crippen LogP contribution < -0.4 is 9.47 Å². The molecule has 0 saturated carbocycles. The lowest BCUT2D eigenvalue weighted by Gasteiger charge is -2.09. The van der Waals surface area contributed by atoms with Crippen LogP contribution in [0.2, 0.25) is 0 Å². The van der Waals surface area contributed by atoms with E-state index in [0.717, 1.165) is 45.7 Å². The van der Waals surface area contributed by atoms with Crippen LogP contribution in [0.25, 0.3) is 10.9 Å². The summed E-state index contributed by atoms with van der Waals surface area (Å²) in [5.41, 5.74) is 3.06. The zero-order valence-electron chi connectivity index (χ0n) is 14.7. The summed E-state index contributed by atoms with van der Waals surface area (Å²) in [6, 6.07) is 12.0. The van der Waals surface area contributed by atoms with Crippen molar-refractivity contribution in [2.75, 3.05) is 19.0 Å². The SMILES string of the molecule is CCc1cccc2c(C(=O)CSc3ccc4c(c3)OCCCO4)c[nH]c12. The molecule has 26 heavy (non-hydrogen) atoms. The highest BCUT2D eigenvalue weighted by Gasteiger charge is 2.15. The molecule has 1 N–H and O–H groups in total. The lowest BCUT2D eigenvalue weighted by atomic mass is 10.1. The van der Waals surface area contributed by atoms with Gasteiger partial charge in [0.2, 0.25) is 0 Å². The van der Waals surface area contributed by atoms with Gasteiger partial charge >= 0.3 is 0 Å². The molecule has 2 heterocycles. The fourth-order valence-corrected chi connectivity index (χ4v) is 4.01. The second kappa shape index (κ2) is 7.46. The lowest BCUT2D eigenvalue weighted by molar-refractivity contribution is 0.102. The second-order valence-corrected chi connectivity index (χ2v) is 7.32. The minimum atomic E-state index is 0.126. The number of rotatable bonds is 5. The first-order valence-corrected chi connectivity index (χ1v) is 9.89. The van der Waals surface area contributed by atoms with Crippen molar-refractivity contribution in [3.8, 4) is 11.5 Å². The Morgan fingerprint density at radius 3 is 2.85 bits per heavy atom. The van der Waals surface area contributed by atoms with Gasteiger partial charge in [-0.3, -0.25) is 4.79 Å². The number of ether oxygens (including phenoxy) is 2. The smallest absolute Gasteiger partial charge is 0.175 e. The van der Waals surface area contributed by atoms with Gasteiger partial charge in [0, 0.05) is 34.0 Å². The van der Waals surface area contributed by atoms with Crippen LogP contribution in [0, 0.1) is 0 Å². The molecule has 0 aliphatic carbocycles. The fraction of sp³-hybridized carbons (Fsp3) is 0.286. The van der Waals surface area contributed by atoms with Crippen molar-refractivity contribution in [2.24, 2.45) is 0 Å². The van der Waals surface area contributed by atoms with Crippen molar-refractivity contribution in [2.45, 2.75) is 24.7 Å². The summed E-state index contributed by atoms with van der Waals surface area (Å²) < 4.78 is 11.4. The van der Waals surface area contributed by atoms with Gasteiger partial charge in [-0.05, 0) is 30.2 Å². The highest BCUT2D eigenvalue weighted by Crippen LogP contribution is 2.34. The predicted octanol–water partition coefficient (Wildman–Crippen LogP) is 4.87. The van der Waals surface area contributed by atoms with Gasteiger partial charge in [-0.15, -0.1) is 11.8 Å². The van der Waals surface area contributed by atoms with Crippen LogP contribution in [0.5, 0.6) is 11.5 Å². The quantitative estimate of drug-likeness (QED) is 0.516. The molecule has 0 unspecified atom stereocenters. The number of aromatic nitrogens is 1. The average Bonchev–Trinajstić information content (AvgIpc) is 2.97. The van der Waals surface area contributed by atoms with Crippen molar-refractivity contribution in [3.05, 3.63) is 53.7 Å². The molecule has 0 amide bonds. The molecule has 5 heteroatoms. The first-order valence-electron chi connectivity index (χ1n) is 8.91. The second-order valence-electron chi connectivity index (χ2n) is 6.27. The Morgan fingerprint density at radius 1 is 1.15 bits per heavy atom. The number of carbonyl (C=O) groups is 1. The van der Waals surface area contributed by atoms with Gasteiger partial charge in [0.25, 0.3) is 0 Å². The van der Waals surface area contributed by atoms with Gasteiger partial charge in [0.05, 0.1) is 19.0 Å². The molecular formula is C21H21NO3S. The Morgan fingerprint density at radius 2 is 2.00 bits per heavy atom. The molecule has 1 aliphatic heterocycles. The van der Waals surface area contributed by atoms with Gasteiger partial charge in [-0.25, -0.2) is 0 Å². The largest absolute Gasteiger partial charge is 0.490 e. The van der Waals surface area contributed by atoms with E-state index >= 15 is 0 Å².